The Balaban J connectivity index is 2.10. The number of carbonyl (C=O) groups excluding carboxylic acids is 1. The lowest BCUT2D eigenvalue weighted by Crippen LogP contribution is -2.39. The van der Waals surface area contributed by atoms with Crippen LogP contribution in [0, 0.1) is 13.8 Å². The van der Waals surface area contributed by atoms with Crippen LogP contribution in [-0.4, -0.2) is 26.2 Å². The lowest BCUT2D eigenvalue weighted by Gasteiger charge is -2.22. The average Bonchev–Trinajstić information content (AvgIpc) is 2.68. The average molecular weight is 371 g/mol. The van der Waals surface area contributed by atoms with Gasteiger partial charge in [-0.15, -0.1) is 0 Å². The number of carbonyl (C=O) groups is 1. The molecule has 2 aromatic carbocycles. The molecule has 2 rings (SSSR count). The Bertz CT molecular complexity index is 788. The fraction of sp³-hybridized carbons (Fsp3) is 0.409. The number of hydrogen-bond donors (Lipinski definition) is 1. The third-order valence-corrected chi connectivity index (χ3v) is 4.75. The van der Waals surface area contributed by atoms with Crippen LogP contribution in [0.25, 0.3) is 0 Å². The predicted molar refractivity (Wildman–Crippen MR) is 107 cm³/mol. The van der Waals surface area contributed by atoms with Gasteiger partial charge in [0.1, 0.15) is 5.75 Å². The Morgan fingerprint density at radius 2 is 1.74 bits per heavy atom. The number of methoxy groups -OCH3 is 2. The molecule has 1 N–H and O–H groups in total. The van der Waals surface area contributed by atoms with E-state index in [4.69, 9.17) is 14.2 Å². The Kier molecular flexibility index (Phi) is 7.11. The van der Waals surface area contributed by atoms with Gasteiger partial charge in [0.25, 0.3) is 5.91 Å². The topological polar surface area (TPSA) is 56.8 Å². The highest BCUT2D eigenvalue weighted by atomic mass is 16.5. The second-order valence-corrected chi connectivity index (χ2v) is 6.56. The zero-order valence-electron chi connectivity index (χ0n) is 17.0. The summed E-state index contributed by atoms with van der Waals surface area (Å²) in [5.41, 5.74) is 3.13. The van der Waals surface area contributed by atoms with Crippen molar-refractivity contribution >= 4 is 5.91 Å². The molecule has 0 saturated carbocycles. The third-order valence-electron chi connectivity index (χ3n) is 4.75. The van der Waals surface area contributed by atoms with E-state index in [9.17, 15) is 4.79 Å². The number of benzene rings is 2. The first-order valence-corrected chi connectivity index (χ1v) is 9.16. The first-order chi connectivity index (χ1) is 12.9. The standard InChI is InChI=1S/C22H29NO4/c1-7-18(27-19-10-8-9-14(2)15(19)3)22(24)23-16(4)17-11-12-20(25-5)21(13-17)26-6/h8-13,16,18H,7H2,1-6H3,(H,23,24)/t16-,18+/m0/s1. The van der Waals surface area contributed by atoms with E-state index in [1.807, 2.05) is 64.1 Å². The van der Waals surface area contributed by atoms with Crippen LogP contribution in [0.15, 0.2) is 36.4 Å². The number of amides is 1. The van der Waals surface area contributed by atoms with Gasteiger partial charge in [0.2, 0.25) is 0 Å². The molecular weight excluding hydrogens is 342 g/mol. The molecule has 5 heteroatoms. The van der Waals surface area contributed by atoms with Crippen molar-refractivity contribution in [3.8, 4) is 17.2 Å². The van der Waals surface area contributed by atoms with Crippen molar-refractivity contribution in [1.29, 1.82) is 0 Å². The molecule has 0 aliphatic rings. The molecule has 2 atom stereocenters. The quantitative estimate of drug-likeness (QED) is 0.749. The van der Waals surface area contributed by atoms with Crippen molar-refractivity contribution in [2.45, 2.75) is 46.3 Å². The van der Waals surface area contributed by atoms with Crippen molar-refractivity contribution in [1.82, 2.24) is 5.32 Å². The van der Waals surface area contributed by atoms with Gasteiger partial charge >= 0.3 is 0 Å². The van der Waals surface area contributed by atoms with E-state index in [0.29, 0.717) is 17.9 Å². The highest BCUT2D eigenvalue weighted by Gasteiger charge is 2.22. The first kappa shape index (κ1) is 20.6. The third kappa shape index (κ3) is 4.94. The molecule has 0 radical (unpaired) electrons. The van der Waals surface area contributed by atoms with Crippen molar-refractivity contribution in [3.05, 3.63) is 53.1 Å². The van der Waals surface area contributed by atoms with Crippen molar-refractivity contribution in [2.75, 3.05) is 14.2 Å². The predicted octanol–water partition coefficient (Wildman–Crippen LogP) is 4.36. The second kappa shape index (κ2) is 9.31. The monoisotopic (exact) mass is 371 g/mol. The van der Waals surface area contributed by atoms with E-state index in [1.54, 1.807) is 14.2 Å². The molecule has 146 valence electrons. The number of rotatable bonds is 8. The summed E-state index contributed by atoms with van der Waals surface area (Å²) in [4.78, 5) is 12.7. The summed E-state index contributed by atoms with van der Waals surface area (Å²) in [6, 6.07) is 11.3. The van der Waals surface area contributed by atoms with E-state index in [2.05, 4.69) is 5.32 Å². The van der Waals surface area contributed by atoms with Gasteiger partial charge < -0.3 is 19.5 Å². The van der Waals surface area contributed by atoms with Crippen LogP contribution in [0.3, 0.4) is 0 Å². The van der Waals surface area contributed by atoms with Gasteiger partial charge in [-0.2, -0.15) is 0 Å². The fourth-order valence-electron chi connectivity index (χ4n) is 2.84. The highest BCUT2D eigenvalue weighted by Crippen LogP contribution is 2.30. The van der Waals surface area contributed by atoms with Gasteiger partial charge in [0, 0.05) is 0 Å². The van der Waals surface area contributed by atoms with E-state index in [1.165, 1.54) is 0 Å². The summed E-state index contributed by atoms with van der Waals surface area (Å²) >= 11 is 0. The maximum atomic E-state index is 12.7. The molecule has 0 aromatic heterocycles. The Morgan fingerprint density at radius 3 is 2.37 bits per heavy atom. The molecule has 0 fully saturated rings. The van der Waals surface area contributed by atoms with Gasteiger partial charge in [-0.25, -0.2) is 0 Å². The van der Waals surface area contributed by atoms with Crippen LogP contribution in [0.2, 0.25) is 0 Å². The minimum absolute atomic E-state index is 0.138. The largest absolute Gasteiger partial charge is 0.493 e. The summed E-state index contributed by atoms with van der Waals surface area (Å²) in [5, 5.41) is 3.03. The minimum Gasteiger partial charge on any atom is -0.493 e. The smallest absolute Gasteiger partial charge is 0.261 e. The molecule has 0 unspecified atom stereocenters. The van der Waals surface area contributed by atoms with E-state index in [0.717, 1.165) is 22.4 Å². The molecule has 0 heterocycles. The molecule has 0 bridgehead atoms. The van der Waals surface area contributed by atoms with E-state index in [-0.39, 0.29) is 11.9 Å². The van der Waals surface area contributed by atoms with Crippen molar-refractivity contribution in [3.63, 3.8) is 0 Å². The molecule has 5 nitrogen and oxygen atoms in total. The SMILES string of the molecule is CC[C@@H](Oc1cccc(C)c1C)C(=O)N[C@@H](C)c1ccc(OC)c(OC)c1. The van der Waals surface area contributed by atoms with Gasteiger partial charge in [0.05, 0.1) is 20.3 Å². The molecule has 0 spiro atoms. The maximum Gasteiger partial charge on any atom is 0.261 e. The lowest BCUT2D eigenvalue weighted by molar-refractivity contribution is -0.128. The number of aryl methyl sites for hydroxylation is 1. The molecule has 2 aromatic rings. The highest BCUT2D eigenvalue weighted by molar-refractivity contribution is 5.81. The van der Waals surface area contributed by atoms with Crippen LogP contribution in [0.1, 0.15) is 43.0 Å². The normalized spacial score (nSPS) is 12.8. The Hall–Kier alpha value is -2.69. The van der Waals surface area contributed by atoms with E-state index >= 15 is 0 Å². The lowest BCUT2D eigenvalue weighted by atomic mass is 10.1. The summed E-state index contributed by atoms with van der Waals surface area (Å²) in [6.45, 7) is 7.91. The van der Waals surface area contributed by atoms with Gasteiger partial charge in [-0.05, 0) is 62.1 Å². The molecule has 1 amide bonds. The van der Waals surface area contributed by atoms with Crippen LogP contribution in [0.5, 0.6) is 17.2 Å². The second-order valence-electron chi connectivity index (χ2n) is 6.56. The fourth-order valence-corrected chi connectivity index (χ4v) is 2.84. The van der Waals surface area contributed by atoms with Crippen LogP contribution >= 0.6 is 0 Å². The van der Waals surface area contributed by atoms with Gasteiger partial charge in [-0.1, -0.05) is 25.1 Å². The molecule has 0 aliphatic carbocycles. The number of nitrogens with one attached hydrogen (secondary N) is 1. The van der Waals surface area contributed by atoms with Crippen molar-refractivity contribution in [2.24, 2.45) is 0 Å². The zero-order valence-corrected chi connectivity index (χ0v) is 17.0. The Morgan fingerprint density at radius 1 is 1.04 bits per heavy atom. The minimum atomic E-state index is -0.548. The van der Waals surface area contributed by atoms with Crippen molar-refractivity contribution < 1.29 is 19.0 Å². The van der Waals surface area contributed by atoms with Crippen LogP contribution in [-0.2, 0) is 4.79 Å². The molecular formula is C22H29NO4. The molecule has 0 aliphatic heterocycles. The molecule has 0 saturated heterocycles. The van der Waals surface area contributed by atoms with Gasteiger partial charge in [0.15, 0.2) is 17.6 Å². The van der Waals surface area contributed by atoms with Gasteiger partial charge in [-0.3, -0.25) is 4.79 Å². The zero-order chi connectivity index (χ0) is 20.0. The van der Waals surface area contributed by atoms with E-state index < -0.39 is 6.10 Å². The Labute approximate surface area is 161 Å². The summed E-state index contributed by atoms with van der Waals surface area (Å²) in [5.74, 6) is 1.90. The summed E-state index contributed by atoms with van der Waals surface area (Å²) in [6.07, 6.45) is 0.0332. The summed E-state index contributed by atoms with van der Waals surface area (Å²) in [7, 11) is 3.19. The first-order valence-electron chi connectivity index (χ1n) is 9.16. The molecule has 27 heavy (non-hydrogen) atoms. The summed E-state index contributed by atoms with van der Waals surface area (Å²) < 4.78 is 16.6. The number of ether oxygens (including phenoxy) is 3. The number of hydrogen-bond acceptors (Lipinski definition) is 4. The van der Waals surface area contributed by atoms with Crippen LogP contribution in [0.4, 0.5) is 0 Å². The maximum absolute atomic E-state index is 12.7. The van der Waals surface area contributed by atoms with Crippen LogP contribution < -0.4 is 19.5 Å².